The van der Waals surface area contributed by atoms with Gasteiger partial charge >= 0.3 is 0 Å². The molecule has 0 radical (unpaired) electrons. The third-order valence-electron chi connectivity index (χ3n) is 16.1. The van der Waals surface area contributed by atoms with Crippen molar-refractivity contribution in [3.05, 3.63) is 259 Å². The SMILES string of the molecule is Cc1ccccc1-c1cc(-c2cc3c4c(c2)Sc2cc(N(c5ccccc5)c5ccccc5)ccc2B4c2ccc(-c4c(-n5c6ccccc6c6ccccc65)ccc(C#N)c4C(C)(C)C)cc2O3)cc(-c2ccccc2C)c1. The molecule has 0 saturated heterocycles. The first-order valence-electron chi connectivity index (χ1n) is 27.2. The number of aryl methyl sites for hydroxylation is 2. The molecule has 376 valence electrons. The molecule has 1 aromatic heterocycles. The summed E-state index contributed by atoms with van der Waals surface area (Å²) in [5, 5.41) is 13.3. The van der Waals surface area contributed by atoms with Crippen LogP contribution < -0.4 is 26.0 Å². The summed E-state index contributed by atoms with van der Waals surface area (Å²) < 4.78 is 9.86. The Bertz CT molecular complexity index is 4310. The summed E-state index contributed by atoms with van der Waals surface area (Å²) in [5.74, 6) is 1.66. The lowest BCUT2D eigenvalue weighted by Gasteiger charge is -2.35. The van der Waals surface area contributed by atoms with E-state index in [1.807, 2.05) is 17.8 Å². The molecule has 79 heavy (non-hydrogen) atoms. The van der Waals surface area contributed by atoms with Gasteiger partial charge in [-0.2, -0.15) is 5.26 Å². The van der Waals surface area contributed by atoms with Gasteiger partial charge in [0, 0.05) is 43.2 Å². The van der Waals surface area contributed by atoms with Crippen molar-refractivity contribution in [1.29, 1.82) is 5.26 Å². The standard InChI is InChI=1S/C73H54BN3OS/c1-46-20-12-14-26-57(46)52-38-50(39-53(40-52)58-27-15-13-21-47(58)2)51-42-67-72-69(43-51)79-68-44-56(76(54-22-8-6-9-23-54)55-24-10-7-11-25-55)34-36-62(68)74(72)61-35-32-48(41-66(61)78-67)70-65(37-33-49(45-75)71(70)73(3,4)5)77-63-30-18-16-28-59(63)60-29-17-19-31-64(60)77/h6-44H,1-5H3. The summed E-state index contributed by atoms with van der Waals surface area (Å²) in [6.07, 6.45) is 0. The zero-order valence-corrected chi connectivity index (χ0v) is 45.6. The van der Waals surface area contributed by atoms with Gasteiger partial charge in [-0.3, -0.25) is 0 Å². The molecule has 14 rings (SSSR count). The Morgan fingerprint density at radius 2 is 1.03 bits per heavy atom. The first-order chi connectivity index (χ1) is 38.6. The Labute approximate surface area is 466 Å². The summed E-state index contributed by atoms with van der Waals surface area (Å²) in [6, 6.07) is 88.3. The van der Waals surface area contributed by atoms with E-state index in [4.69, 9.17) is 4.74 Å². The smallest absolute Gasteiger partial charge is 0.253 e. The Hall–Kier alpha value is -9.28. The number of aromatic nitrogens is 1. The van der Waals surface area contributed by atoms with Crippen LogP contribution in [0.1, 0.15) is 43.0 Å². The number of nitrogens with zero attached hydrogens (tertiary/aromatic N) is 3. The number of ether oxygens (including phenoxy) is 1. The van der Waals surface area contributed by atoms with Crippen LogP contribution in [0, 0.1) is 25.2 Å². The molecule has 0 N–H and O–H groups in total. The van der Waals surface area contributed by atoms with Crippen molar-refractivity contribution in [2.75, 3.05) is 4.90 Å². The molecule has 0 fully saturated rings. The molecule has 0 unspecified atom stereocenters. The van der Waals surface area contributed by atoms with Crippen LogP contribution in [0.25, 0.3) is 72.0 Å². The lowest BCUT2D eigenvalue weighted by atomic mass is 9.35. The average Bonchev–Trinajstić information content (AvgIpc) is 3.85. The Morgan fingerprint density at radius 3 is 1.63 bits per heavy atom. The maximum absolute atomic E-state index is 10.9. The molecule has 0 saturated carbocycles. The van der Waals surface area contributed by atoms with Crippen LogP contribution in [-0.4, -0.2) is 11.3 Å². The fourth-order valence-corrected chi connectivity index (χ4v) is 13.8. The maximum atomic E-state index is 10.9. The van der Waals surface area contributed by atoms with E-state index in [0.717, 1.165) is 78.6 Å². The van der Waals surface area contributed by atoms with Crippen molar-refractivity contribution in [3.8, 4) is 67.8 Å². The molecule has 4 nitrogen and oxygen atoms in total. The molecular weight excluding hydrogens is 978 g/mol. The molecular formula is C73H54BN3OS. The van der Waals surface area contributed by atoms with Gasteiger partial charge in [0.1, 0.15) is 11.5 Å². The fraction of sp³-hybridized carbons (Fsp3) is 0.0822. The second-order valence-corrected chi connectivity index (χ2v) is 23.1. The van der Waals surface area contributed by atoms with Crippen LogP contribution in [0.4, 0.5) is 17.1 Å². The van der Waals surface area contributed by atoms with Crippen LogP contribution in [0.15, 0.2) is 246 Å². The lowest BCUT2D eigenvalue weighted by molar-refractivity contribution is 0.486. The van der Waals surface area contributed by atoms with E-state index in [1.54, 1.807) is 0 Å². The Balaban J connectivity index is 1.00. The Kier molecular flexibility index (Phi) is 11.6. The second kappa shape index (κ2) is 19.0. The third kappa shape index (κ3) is 8.15. The molecule has 0 aliphatic carbocycles. The maximum Gasteiger partial charge on any atom is 0.253 e. The molecule has 6 heteroatoms. The van der Waals surface area contributed by atoms with Crippen molar-refractivity contribution < 1.29 is 4.74 Å². The number of hydrogen-bond donors (Lipinski definition) is 0. The van der Waals surface area contributed by atoms with Crippen molar-refractivity contribution in [2.45, 2.75) is 49.8 Å². The quantitative estimate of drug-likeness (QED) is 0.142. The van der Waals surface area contributed by atoms with Gasteiger partial charge in [-0.25, -0.2) is 0 Å². The number of benzene rings is 11. The minimum atomic E-state index is -0.392. The highest BCUT2D eigenvalue weighted by Crippen LogP contribution is 2.47. The molecule has 0 atom stereocenters. The molecule has 0 spiro atoms. The van der Waals surface area contributed by atoms with Crippen molar-refractivity contribution >= 4 is 73.7 Å². The van der Waals surface area contributed by atoms with E-state index in [-0.39, 0.29) is 6.71 Å². The first kappa shape index (κ1) is 48.1. The van der Waals surface area contributed by atoms with Gasteiger partial charge < -0.3 is 14.2 Å². The van der Waals surface area contributed by atoms with Gasteiger partial charge in [0.2, 0.25) is 0 Å². The monoisotopic (exact) mass is 1030 g/mol. The number of fused-ring (bicyclic) bond motifs is 7. The molecule has 2 aliphatic rings. The molecule has 11 aromatic carbocycles. The molecule has 3 heterocycles. The molecule has 0 amide bonds. The molecule has 12 aromatic rings. The summed E-state index contributed by atoms with van der Waals surface area (Å²) in [5.41, 5.74) is 22.8. The lowest BCUT2D eigenvalue weighted by Crippen LogP contribution is -2.57. The largest absolute Gasteiger partial charge is 0.458 e. The van der Waals surface area contributed by atoms with Crippen LogP contribution >= 0.6 is 11.8 Å². The van der Waals surface area contributed by atoms with Crippen LogP contribution in [0.3, 0.4) is 0 Å². The number of rotatable bonds is 8. The summed E-state index contributed by atoms with van der Waals surface area (Å²) in [6.45, 7) is 10.9. The van der Waals surface area contributed by atoms with E-state index in [9.17, 15) is 5.26 Å². The van der Waals surface area contributed by atoms with Gasteiger partial charge in [0.05, 0.1) is 28.4 Å². The highest BCUT2D eigenvalue weighted by Gasteiger charge is 2.40. The Morgan fingerprint density at radius 1 is 0.481 bits per heavy atom. The topological polar surface area (TPSA) is 41.2 Å². The normalized spacial score (nSPS) is 12.4. The zero-order chi connectivity index (χ0) is 53.5. The molecule has 2 aliphatic heterocycles. The number of anilines is 3. The number of nitriles is 1. The van der Waals surface area contributed by atoms with E-state index < -0.39 is 5.41 Å². The van der Waals surface area contributed by atoms with Gasteiger partial charge in [0.15, 0.2) is 0 Å². The van der Waals surface area contributed by atoms with E-state index in [1.165, 1.54) is 64.9 Å². The first-order valence-corrected chi connectivity index (χ1v) is 28.0. The van der Waals surface area contributed by atoms with Crippen molar-refractivity contribution in [3.63, 3.8) is 0 Å². The fourth-order valence-electron chi connectivity index (χ4n) is 12.6. The van der Waals surface area contributed by atoms with Gasteiger partial charge in [0.25, 0.3) is 6.71 Å². The van der Waals surface area contributed by atoms with E-state index in [2.05, 4.69) is 281 Å². The summed E-state index contributed by atoms with van der Waals surface area (Å²) in [7, 11) is 0. The van der Waals surface area contributed by atoms with Crippen molar-refractivity contribution in [1.82, 2.24) is 4.57 Å². The van der Waals surface area contributed by atoms with Crippen LogP contribution in [-0.2, 0) is 5.41 Å². The predicted molar refractivity (Wildman–Crippen MR) is 332 cm³/mol. The van der Waals surface area contributed by atoms with Crippen molar-refractivity contribution in [2.24, 2.45) is 0 Å². The van der Waals surface area contributed by atoms with E-state index >= 15 is 0 Å². The minimum Gasteiger partial charge on any atom is -0.458 e. The van der Waals surface area contributed by atoms with Gasteiger partial charge in [-0.15, -0.1) is 0 Å². The number of para-hydroxylation sites is 4. The highest BCUT2D eigenvalue weighted by atomic mass is 32.2. The van der Waals surface area contributed by atoms with Gasteiger partial charge in [-0.05, 0) is 183 Å². The predicted octanol–water partition coefficient (Wildman–Crippen LogP) is 17.8. The minimum absolute atomic E-state index is 0.116. The zero-order valence-electron chi connectivity index (χ0n) is 44.8. The highest BCUT2D eigenvalue weighted by molar-refractivity contribution is 8.00. The van der Waals surface area contributed by atoms with Crippen LogP contribution in [0.5, 0.6) is 11.5 Å². The average molecular weight is 1030 g/mol. The van der Waals surface area contributed by atoms with E-state index in [0.29, 0.717) is 5.56 Å². The second-order valence-electron chi connectivity index (χ2n) is 22.0. The third-order valence-corrected chi connectivity index (χ3v) is 17.2. The summed E-state index contributed by atoms with van der Waals surface area (Å²) in [4.78, 5) is 4.72. The molecule has 0 bridgehead atoms. The van der Waals surface area contributed by atoms with Gasteiger partial charge in [-0.1, -0.05) is 178 Å². The summed E-state index contributed by atoms with van der Waals surface area (Å²) >= 11 is 1.83. The van der Waals surface area contributed by atoms with Crippen LogP contribution in [0.2, 0.25) is 0 Å². The number of hydrogen-bond acceptors (Lipinski definition) is 4.